The van der Waals surface area contributed by atoms with Gasteiger partial charge < -0.3 is 5.73 Å². The second kappa shape index (κ2) is 5.48. The van der Waals surface area contributed by atoms with Gasteiger partial charge in [0.15, 0.2) is 0 Å². The van der Waals surface area contributed by atoms with Gasteiger partial charge in [-0.3, -0.25) is 0 Å². The summed E-state index contributed by atoms with van der Waals surface area (Å²) in [4.78, 5) is -0.0548. The Kier molecular flexibility index (Phi) is 4.09. The minimum atomic E-state index is -3.69. The lowest BCUT2D eigenvalue weighted by atomic mass is 10.0. The van der Waals surface area contributed by atoms with Gasteiger partial charge in [-0.05, 0) is 37.5 Å². The molecule has 2 unspecified atom stereocenters. The first-order valence-electron chi connectivity index (χ1n) is 6.31. The van der Waals surface area contributed by atoms with Crippen molar-refractivity contribution in [1.82, 2.24) is 4.31 Å². The summed E-state index contributed by atoms with van der Waals surface area (Å²) in [5, 5.41) is 8.77. The fourth-order valence-electron chi connectivity index (χ4n) is 2.30. The molecule has 1 aliphatic heterocycles. The van der Waals surface area contributed by atoms with E-state index in [2.05, 4.69) is 0 Å². The Morgan fingerprint density at radius 1 is 1.55 bits per heavy atom. The molecular weight excluding hydrogens is 281 g/mol. The number of nitrogens with zero attached hydrogens (tertiary/aromatic N) is 2. The molecule has 1 aromatic rings. The number of nitrogens with two attached hydrogens (primary N) is 1. The van der Waals surface area contributed by atoms with Gasteiger partial charge in [-0.25, -0.2) is 12.8 Å². The largest absolute Gasteiger partial charge is 0.328 e. The zero-order chi connectivity index (χ0) is 14.9. The van der Waals surface area contributed by atoms with Gasteiger partial charge in [0.1, 0.15) is 11.9 Å². The molecule has 0 saturated carbocycles. The molecule has 1 heterocycles. The normalized spacial score (nSPS) is 21.6. The summed E-state index contributed by atoms with van der Waals surface area (Å²) in [6.45, 7) is 2.61. The van der Waals surface area contributed by atoms with Crippen LogP contribution < -0.4 is 5.73 Å². The number of nitriles is 1. The summed E-state index contributed by atoms with van der Waals surface area (Å²) >= 11 is 0. The predicted octanol–water partition coefficient (Wildman–Crippen LogP) is 1.06. The Labute approximate surface area is 117 Å². The second-order valence-electron chi connectivity index (χ2n) is 5.02. The van der Waals surface area contributed by atoms with E-state index in [9.17, 15) is 12.8 Å². The van der Waals surface area contributed by atoms with E-state index < -0.39 is 15.8 Å². The average molecular weight is 297 g/mol. The first kappa shape index (κ1) is 14.9. The minimum Gasteiger partial charge on any atom is -0.328 e. The van der Waals surface area contributed by atoms with Crippen LogP contribution in [0.15, 0.2) is 23.1 Å². The highest BCUT2D eigenvalue weighted by atomic mass is 32.2. The van der Waals surface area contributed by atoms with Crippen molar-refractivity contribution >= 4 is 10.0 Å². The van der Waals surface area contributed by atoms with Crippen molar-refractivity contribution in [2.75, 3.05) is 13.1 Å². The molecule has 1 aromatic carbocycles. The Hall–Kier alpha value is -1.49. The van der Waals surface area contributed by atoms with E-state index >= 15 is 0 Å². The first-order valence-corrected chi connectivity index (χ1v) is 7.75. The summed E-state index contributed by atoms with van der Waals surface area (Å²) in [6.07, 6.45) is 0.712. The van der Waals surface area contributed by atoms with E-state index in [4.69, 9.17) is 11.0 Å². The molecule has 2 atom stereocenters. The zero-order valence-corrected chi connectivity index (χ0v) is 11.9. The van der Waals surface area contributed by atoms with Crippen LogP contribution in [0, 0.1) is 23.1 Å². The molecule has 2 rings (SSSR count). The van der Waals surface area contributed by atoms with Crippen LogP contribution in [0.1, 0.15) is 18.9 Å². The van der Waals surface area contributed by atoms with Crippen LogP contribution in [-0.2, 0) is 10.0 Å². The molecule has 1 saturated heterocycles. The van der Waals surface area contributed by atoms with E-state index in [1.165, 1.54) is 10.4 Å². The van der Waals surface area contributed by atoms with Crippen molar-refractivity contribution in [2.45, 2.75) is 24.3 Å². The van der Waals surface area contributed by atoms with Crippen molar-refractivity contribution in [3.63, 3.8) is 0 Å². The van der Waals surface area contributed by atoms with Crippen molar-refractivity contribution in [3.8, 4) is 6.07 Å². The molecule has 1 fully saturated rings. The second-order valence-corrected chi connectivity index (χ2v) is 6.96. The van der Waals surface area contributed by atoms with Gasteiger partial charge in [0.2, 0.25) is 10.0 Å². The maximum absolute atomic E-state index is 13.3. The lowest BCUT2D eigenvalue weighted by Crippen LogP contribution is -2.33. The van der Waals surface area contributed by atoms with Crippen LogP contribution in [0.25, 0.3) is 0 Å². The van der Waals surface area contributed by atoms with Gasteiger partial charge in [-0.1, -0.05) is 0 Å². The molecule has 0 aliphatic carbocycles. The van der Waals surface area contributed by atoms with Crippen molar-refractivity contribution in [1.29, 1.82) is 5.26 Å². The Bertz CT molecular complexity index is 652. The molecule has 0 spiro atoms. The quantitative estimate of drug-likeness (QED) is 0.903. The highest BCUT2D eigenvalue weighted by Crippen LogP contribution is 2.26. The Balaban J connectivity index is 2.30. The number of sulfonamides is 1. The van der Waals surface area contributed by atoms with E-state index in [0.29, 0.717) is 19.5 Å². The topological polar surface area (TPSA) is 87.2 Å². The summed E-state index contributed by atoms with van der Waals surface area (Å²) in [5.74, 6) is -0.595. The lowest BCUT2D eigenvalue weighted by molar-refractivity contribution is 0.429. The van der Waals surface area contributed by atoms with Gasteiger partial charge in [-0.15, -0.1) is 0 Å². The minimum absolute atomic E-state index is 0.0548. The number of rotatable bonds is 3. The third kappa shape index (κ3) is 2.68. The third-order valence-electron chi connectivity index (χ3n) is 3.63. The summed E-state index contributed by atoms with van der Waals surface area (Å²) in [7, 11) is -3.69. The van der Waals surface area contributed by atoms with E-state index in [0.717, 1.165) is 12.1 Å². The number of benzene rings is 1. The average Bonchev–Trinajstić information content (AvgIpc) is 2.89. The van der Waals surface area contributed by atoms with Gasteiger partial charge >= 0.3 is 0 Å². The van der Waals surface area contributed by atoms with Crippen molar-refractivity contribution in [3.05, 3.63) is 29.6 Å². The first-order chi connectivity index (χ1) is 9.36. The van der Waals surface area contributed by atoms with Crippen LogP contribution in [-0.4, -0.2) is 31.9 Å². The highest BCUT2D eigenvalue weighted by molar-refractivity contribution is 7.89. The molecule has 7 heteroatoms. The van der Waals surface area contributed by atoms with Crippen LogP contribution in [0.2, 0.25) is 0 Å². The summed E-state index contributed by atoms with van der Waals surface area (Å²) in [6, 6.07) is 4.84. The molecule has 2 N–H and O–H groups in total. The Morgan fingerprint density at radius 2 is 2.25 bits per heavy atom. The number of hydrogen-bond acceptors (Lipinski definition) is 4. The van der Waals surface area contributed by atoms with Gasteiger partial charge in [0.05, 0.1) is 10.5 Å². The SMILES string of the molecule is CC(N)C1CCN(S(=O)(=O)c2ccc(F)c(C#N)c2)C1. The monoisotopic (exact) mass is 297 g/mol. The predicted molar refractivity (Wildman–Crippen MR) is 71.6 cm³/mol. The standard InChI is InChI=1S/C13H16FN3O2S/c1-9(16)10-4-5-17(8-10)20(18,19)12-2-3-13(14)11(6-12)7-15/h2-3,6,9-10H,4-5,8,16H2,1H3. The molecule has 5 nitrogen and oxygen atoms in total. The molecule has 0 radical (unpaired) electrons. The molecule has 20 heavy (non-hydrogen) atoms. The summed E-state index contributed by atoms with van der Waals surface area (Å²) in [5.41, 5.74) is 5.52. The maximum Gasteiger partial charge on any atom is 0.243 e. The Morgan fingerprint density at radius 3 is 2.80 bits per heavy atom. The number of hydrogen-bond donors (Lipinski definition) is 1. The molecular formula is C13H16FN3O2S. The van der Waals surface area contributed by atoms with Crippen molar-refractivity contribution < 1.29 is 12.8 Å². The molecule has 0 amide bonds. The van der Waals surface area contributed by atoms with Gasteiger partial charge in [0, 0.05) is 19.1 Å². The smallest absolute Gasteiger partial charge is 0.243 e. The van der Waals surface area contributed by atoms with Crippen molar-refractivity contribution in [2.24, 2.45) is 11.7 Å². The van der Waals surface area contributed by atoms with Crippen LogP contribution >= 0.6 is 0 Å². The highest BCUT2D eigenvalue weighted by Gasteiger charge is 2.34. The molecule has 108 valence electrons. The summed E-state index contributed by atoms with van der Waals surface area (Å²) < 4.78 is 39.5. The zero-order valence-electron chi connectivity index (χ0n) is 11.1. The van der Waals surface area contributed by atoms with Gasteiger partial charge in [0.25, 0.3) is 0 Å². The molecule has 0 aromatic heterocycles. The number of halogens is 1. The maximum atomic E-state index is 13.3. The lowest BCUT2D eigenvalue weighted by Gasteiger charge is -2.18. The fraction of sp³-hybridized carbons (Fsp3) is 0.462. The van der Waals surface area contributed by atoms with E-state index in [1.807, 2.05) is 6.92 Å². The van der Waals surface area contributed by atoms with E-state index in [1.54, 1.807) is 6.07 Å². The fourth-order valence-corrected chi connectivity index (χ4v) is 3.84. The van der Waals surface area contributed by atoms with Gasteiger partial charge in [-0.2, -0.15) is 9.57 Å². The molecule has 1 aliphatic rings. The van der Waals surface area contributed by atoms with Crippen LogP contribution in [0.4, 0.5) is 4.39 Å². The molecule has 0 bridgehead atoms. The van der Waals surface area contributed by atoms with Crippen LogP contribution in [0.5, 0.6) is 0 Å². The third-order valence-corrected chi connectivity index (χ3v) is 5.49. The van der Waals surface area contributed by atoms with Crippen LogP contribution in [0.3, 0.4) is 0 Å². The van der Waals surface area contributed by atoms with E-state index in [-0.39, 0.29) is 22.4 Å².